The molecule has 0 bridgehead atoms. The SMILES string of the molecule is O=[C]C(CCC(=O)O)Oc1cccc2ccccc12. The van der Waals surface area contributed by atoms with Gasteiger partial charge in [-0.25, -0.2) is 0 Å². The van der Waals surface area contributed by atoms with E-state index in [0.29, 0.717) is 5.75 Å². The molecule has 1 atom stereocenters. The fourth-order valence-corrected chi connectivity index (χ4v) is 1.85. The first kappa shape index (κ1) is 13.1. The average Bonchev–Trinajstić information content (AvgIpc) is 2.43. The Morgan fingerprint density at radius 1 is 1.21 bits per heavy atom. The third-order valence-corrected chi connectivity index (χ3v) is 2.77. The number of fused-ring (bicyclic) bond motifs is 1. The molecule has 2 aromatic rings. The maximum absolute atomic E-state index is 10.8. The molecule has 1 unspecified atom stereocenters. The highest BCUT2D eigenvalue weighted by Gasteiger charge is 2.13. The van der Waals surface area contributed by atoms with Crippen LogP contribution in [-0.2, 0) is 9.59 Å². The van der Waals surface area contributed by atoms with Crippen LogP contribution in [-0.4, -0.2) is 23.5 Å². The lowest BCUT2D eigenvalue weighted by atomic mass is 10.1. The lowest BCUT2D eigenvalue weighted by molar-refractivity contribution is -0.137. The monoisotopic (exact) mass is 257 g/mol. The number of carboxylic acid groups (broad SMARTS) is 1. The Morgan fingerprint density at radius 2 is 1.95 bits per heavy atom. The van der Waals surface area contributed by atoms with E-state index in [1.807, 2.05) is 36.4 Å². The number of benzene rings is 2. The van der Waals surface area contributed by atoms with Gasteiger partial charge in [-0.2, -0.15) is 0 Å². The maximum Gasteiger partial charge on any atom is 0.303 e. The van der Waals surface area contributed by atoms with E-state index in [2.05, 4.69) is 0 Å². The number of rotatable bonds is 6. The fraction of sp³-hybridized carbons (Fsp3) is 0.200. The number of carboxylic acids is 1. The zero-order valence-corrected chi connectivity index (χ0v) is 10.2. The first-order chi connectivity index (χ1) is 9.20. The van der Waals surface area contributed by atoms with E-state index >= 15 is 0 Å². The van der Waals surface area contributed by atoms with Crippen molar-refractivity contribution >= 4 is 23.0 Å². The van der Waals surface area contributed by atoms with Crippen molar-refractivity contribution in [2.45, 2.75) is 18.9 Å². The van der Waals surface area contributed by atoms with Crippen molar-refractivity contribution < 1.29 is 19.4 Å². The number of aliphatic carboxylic acids is 1. The number of carbonyl (C=O) groups is 1. The summed E-state index contributed by atoms with van der Waals surface area (Å²) < 4.78 is 5.54. The molecule has 1 radical (unpaired) electrons. The molecule has 19 heavy (non-hydrogen) atoms. The normalized spacial score (nSPS) is 12.0. The summed E-state index contributed by atoms with van der Waals surface area (Å²) in [6.45, 7) is 0. The van der Waals surface area contributed by atoms with Gasteiger partial charge in [0.2, 0.25) is 6.29 Å². The molecule has 0 aliphatic rings. The van der Waals surface area contributed by atoms with Crippen LogP contribution >= 0.6 is 0 Å². The van der Waals surface area contributed by atoms with E-state index in [1.54, 1.807) is 12.4 Å². The molecule has 0 aromatic heterocycles. The second-order valence-electron chi connectivity index (χ2n) is 4.13. The second-order valence-corrected chi connectivity index (χ2v) is 4.13. The van der Waals surface area contributed by atoms with Crippen LogP contribution in [0.5, 0.6) is 5.75 Å². The van der Waals surface area contributed by atoms with Gasteiger partial charge in [0.15, 0.2) is 6.10 Å². The van der Waals surface area contributed by atoms with E-state index < -0.39 is 12.1 Å². The maximum atomic E-state index is 10.8. The Bertz CT molecular complexity index is 586. The highest BCUT2D eigenvalue weighted by Crippen LogP contribution is 2.26. The van der Waals surface area contributed by atoms with Crippen molar-refractivity contribution in [3.8, 4) is 5.75 Å². The summed E-state index contributed by atoms with van der Waals surface area (Å²) in [6.07, 6.45) is 0.868. The highest BCUT2D eigenvalue weighted by atomic mass is 16.5. The van der Waals surface area contributed by atoms with Gasteiger partial charge in [0.25, 0.3) is 0 Å². The van der Waals surface area contributed by atoms with Crippen LogP contribution in [0.1, 0.15) is 12.8 Å². The van der Waals surface area contributed by atoms with Crippen molar-refractivity contribution in [3.63, 3.8) is 0 Å². The fourth-order valence-electron chi connectivity index (χ4n) is 1.85. The minimum absolute atomic E-state index is 0.113. The molecular formula is C15H13O4. The minimum Gasteiger partial charge on any atom is -0.481 e. The third kappa shape index (κ3) is 3.31. The van der Waals surface area contributed by atoms with Crippen LogP contribution in [0.4, 0.5) is 0 Å². The lowest BCUT2D eigenvalue weighted by Gasteiger charge is -2.13. The van der Waals surface area contributed by atoms with Gasteiger partial charge in [-0.1, -0.05) is 36.4 Å². The number of ether oxygens (including phenoxy) is 1. The first-order valence-corrected chi connectivity index (χ1v) is 5.94. The Hall–Kier alpha value is -2.36. The second kappa shape index (κ2) is 6.00. The van der Waals surface area contributed by atoms with E-state index in [4.69, 9.17) is 9.84 Å². The Morgan fingerprint density at radius 3 is 2.68 bits per heavy atom. The Kier molecular flexibility index (Phi) is 4.13. The first-order valence-electron chi connectivity index (χ1n) is 5.94. The smallest absolute Gasteiger partial charge is 0.303 e. The number of hydrogen-bond donors (Lipinski definition) is 1. The molecule has 0 heterocycles. The zero-order chi connectivity index (χ0) is 13.7. The molecule has 0 amide bonds. The van der Waals surface area contributed by atoms with Gasteiger partial charge in [0.1, 0.15) is 5.75 Å². The van der Waals surface area contributed by atoms with Crippen molar-refractivity contribution in [2.75, 3.05) is 0 Å². The summed E-state index contributed by atoms with van der Waals surface area (Å²) in [5, 5.41) is 10.5. The van der Waals surface area contributed by atoms with E-state index in [9.17, 15) is 9.59 Å². The quantitative estimate of drug-likeness (QED) is 0.863. The Labute approximate surface area is 110 Å². The molecule has 0 saturated heterocycles. The van der Waals surface area contributed by atoms with Crippen molar-refractivity contribution in [1.82, 2.24) is 0 Å². The summed E-state index contributed by atoms with van der Waals surface area (Å²) in [5.41, 5.74) is 0. The molecule has 4 nitrogen and oxygen atoms in total. The van der Waals surface area contributed by atoms with Gasteiger partial charge in [0, 0.05) is 18.2 Å². The van der Waals surface area contributed by atoms with Crippen LogP contribution in [0.2, 0.25) is 0 Å². The molecule has 0 aliphatic heterocycles. The lowest BCUT2D eigenvalue weighted by Crippen LogP contribution is -2.19. The molecule has 1 N–H and O–H groups in total. The standard InChI is InChI=1S/C15H13O4/c16-10-12(8-9-15(17)18)19-14-7-3-5-11-4-1-2-6-13(11)14/h1-7,12H,8-9H2,(H,17,18). The Balaban J connectivity index is 2.19. The van der Waals surface area contributed by atoms with E-state index in [-0.39, 0.29) is 12.8 Å². The van der Waals surface area contributed by atoms with Crippen LogP contribution in [0.15, 0.2) is 42.5 Å². The minimum atomic E-state index is -0.957. The van der Waals surface area contributed by atoms with Crippen LogP contribution in [0.3, 0.4) is 0 Å². The molecule has 0 fully saturated rings. The zero-order valence-electron chi connectivity index (χ0n) is 10.2. The molecule has 2 aromatic carbocycles. The molecule has 2 rings (SSSR count). The van der Waals surface area contributed by atoms with Gasteiger partial charge in [-0.3, -0.25) is 9.59 Å². The van der Waals surface area contributed by atoms with E-state index in [0.717, 1.165) is 10.8 Å². The molecule has 0 spiro atoms. The van der Waals surface area contributed by atoms with Crippen LogP contribution in [0.25, 0.3) is 10.8 Å². The average molecular weight is 257 g/mol. The third-order valence-electron chi connectivity index (χ3n) is 2.77. The highest BCUT2D eigenvalue weighted by molar-refractivity contribution is 5.88. The van der Waals surface area contributed by atoms with Gasteiger partial charge >= 0.3 is 5.97 Å². The predicted molar refractivity (Wildman–Crippen MR) is 70.9 cm³/mol. The van der Waals surface area contributed by atoms with Crippen molar-refractivity contribution in [1.29, 1.82) is 0 Å². The number of hydrogen-bond acceptors (Lipinski definition) is 3. The van der Waals surface area contributed by atoms with E-state index in [1.165, 1.54) is 0 Å². The summed E-state index contributed by atoms with van der Waals surface area (Å²) >= 11 is 0. The van der Waals surface area contributed by atoms with Gasteiger partial charge in [0.05, 0.1) is 0 Å². The van der Waals surface area contributed by atoms with Crippen molar-refractivity contribution in [3.05, 3.63) is 42.5 Å². The summed E-state index contributed by atoms with van der Waals surface area (Å²) in [5.74, 6) is -0.390. The molecule has 4 heteroatoms. The van der Waals surface area contributed by atoms with Gasteiger partial charge in [-0.05, 0) is 11.5 Å². The van der Waals surface area contributed by atoms with Crippen LogP contribution in [0, 0.1) is 0 Å². The van der Waals surface area contributed by atoms with Gasteiger partial charge in [-0.15, -0.1) is 0 Å². The van der Waals surface area contributed by atoms with Crippen molar-refractivity contribution in [2.24, 2.45) is 0 Å². The largest absolute Gasteiger partial charge is 0.481 e. The molecule has 0 saturated carbocycles. The summed E-state index contributed by atoms with van der Waals surface area (Å²) in [6, 6.07) is 13.2. The predicted octanol–water partition coefficient (Wildman–Crippen LogP) is 2.56. The molecular weight excluding hydrogens is 244 g/mol. The summed E-state index contributed by atoms with van der Waals surface area (Å²) in [7, 11) is 0. The number of carbonyl (C=O) groups excluding carboxylic acids is 1. The molecule has 0 aliphatic carbocycles. The summed E-state index contributed by atoms with van der Waals surface area (Å²) in [4.78, 5) is 21.3. The topological polar surface area (TPSA) is 63.6 Å². The molecule has 97 valence electrons. The van der Waals surface area contributed by atoms with Gasteiger partial charge < -0.3 is 9.84 Å². The van der Waals surface area contributed by atoms with Crippen LogP contribution < -0.4 is 4.74 Å².